The van der Waals surface area contributed by atoms with Crippen LogP contribution in [0.3, 0.4) is 0 Å². The van der Waals surface area contributed by atoms with Crippen molar-refractivity contribution in [2.75, 3.05) is 0 Å². The number of rotatable bonds is 7. The minimum atomic E-state index is -3.60. The van der Waals surface area contributed by atoms with Gasteiger partial charge in [-0.3, -0.25) is 4.79 Å². The van der Waals surface area contributed by atoms with Crippen LogP contribution in [0.5, 0.6) is 0 Å². The molecule has 0 aliphatic carbocycles. The summed E-state index contributed by atoms with van der Waals surface area (Å²) in [4.78, 5) is 11.7. The van der Waals surface area contributed by atoms with Crippen LogP contribution in [0.25, 0.3) is 0 Å². The third-order valence-corrected chi connectivity index (χ3v) is 6.97. The molecule has 0 saturated heterocycles. The molecule has 5 nitrogen and oxygen atoms in total. The minimum absolute atomic E-state index is 0.146. The summed E-state index contributed by atoms with van der Waals surface area (Å²) in [5, 5.41) is 2.66. The van der Waals surface area contributed by atoms with Gasteiger partial charge in [0.1, 0.15) is 4.21 Å². The van der Waals surface area contributed by atoms with E-state index < -0.39 is 10.0 Å². The van der Waals surface area contributed by atoms with Gasteiger partial charge >= 0.3 is 0 Å². The van der Waals surface area contributed by atoms with E-state index >= 15 is 0 Å². The Morgan fingerprint density at radius 3 is 2.46 bits per heavy atom. The maximum Gasteiger partial charge on any atom is 0.250 e. The summed E-state index contributed by atoms with van der Waals surface area (Å²) in [6, 6.07) is 10.6. The third-order valence-electron chi connectivity index (χ3n) is 3.39. The first-order valence-corrected chi connectivity index (χ1v) is 10.5. The highest BCUT2D eigenvalue weighted by atomic mass is 79.9. The Bertz CT molecular complexity index is 801. The fourth-order valence-corrected chi connectivity index (χ4v) is 5.02. The highest BCUT2D eigenvalue weighted by molar-refractivity contribution is 9.10. The topological polar surface area (TPSA) is 75.3 Å². The maximum atomic E-state index is 12.6. The number of carbonyl (C=O) groups is 1. The summed E-state index contributed by atoms with van der Waals surface area (Å²) in [6.07, 6.45) is 0.644. The monoisotopic (exact) mass is 430 g/mol. The molecule has 2 N–H and O–H groups in total. The zero-order chi connectivity index (χ0) is 17.7. The number of hydrogen-bond donors (Lipinski definition) is 2. The molecular weight excluding hydrogens is 412 g/mol. The molecule has 1 aromatic carbocycles. The number of halogens is 1. The van der Waals surface area contributed by atoms with Crippen molar-refractivity contribution < 1.29 is 13.2 Å². The van der Waals surface area contributed by atoms with E-state index in [4.69, 9.17) is 0 Å². The molecule has 0 aliphatic heterocycles. The number of nitrogens with one attached hydrogen (secondary N) is 2. The Balaban J connectivity index is 2.14. The quantitative estimate of drug-likeness (QED) is 0.704. The maximum absolute atomic E-state index is 12.6. The first-order valence-electron chi connectivity index (χ1n) is 7.42. The standard InChI is InChI=1S/C16H19BrN2O3S2/c1-3-15(12-4-6-13(17)7-5-12)19-24(21,22)16-9-8-14(23-16)10-18-11(2)20/h4-9,15,19H,3,10H2,1-2H3,(H,18,20). The van der Waals surface area contributed by atoms with E-state index in [-0.39, 0.29) is 16.2 Å². The van der Waals surface area contributed by atoms with E-state index in [0.717, 1.165) is 26.3 Å². The van der Waals surface area contributed by atoms with Crippen LogP contribution < -0.4 is 10.0 Å². The van der Waals surface area contributed by atoms with Gasteiger partial charge in [-0.2, -0.15) is 0 Å². The summed E-state index contributed by atoms with van der Waals surface area (Å²) < 4.78 is 29.1. The molecule has 1 amide bonds. The molecule has 1 unspecified atom stereocenters. The van der Waals surface area contributed by atoms with E-state index in [1.165, 1.54) is 6.92 Å². The molecule has 0 bridgehead atoms. The van der Waals surface area contributed by atoms with Gasteiger partial charge in [-0.1, -0.05) is 35.0 Å². The van der Waals surface area contributed by atoms with E-state index in [2.05, 4.69) is 26.0 Å². The second-order valence-corrected chi connectivity index (χ2v) is 9.29. The Labute approximate surface area is 154 Å². The van der Waals surface area contributed by atoms with Crippen LogP contribution in [-0.2, 0) is 21.4 Å². The molecular formula is C16H19BrN2O3S2. The van der Waals surface area contributed by atoms with Crippen molar-refractivity contribution in [3.8, 4) is 0 Å². The zero-order valence-corrected chi connectivity index (χ0v) is 16.6. The first kappa shape index (κ1) is 19.1. The lowest BCUT2D eigenvalue weighted by Gasteiger charge is -2.17. The molecule has 1 atom stereocenters. The molecule has 0 aliphatic rings. The fourth-order valence-electron chi connectivity index (χ4n) is 2.14. The predicted molar refractivity (Wildman–Crippen MR) is 99.3 cm³/mol. The highest BCUT2D eigenvalue weighted by Crippen LogP contribution is 2.26. The lowest BCUT2D eigenvalue weighted by molar-refractivity contribution is -0.119. The molecule has 8 heteroatoms. The molecule has 0 fully saturated rings. The van der Waals surface area contributed by atoms with Gasteiger partial charge in [0.05, 0.1) is 6.54 Å². The van der Waals surface area contributed by atoms with Crippen molar-refractivity contribution >= 4 is 43.2 Å². The SMILES string of the molecule is CCC(NS(=O)(=O)c1ccc(CNC(C)=O)s1)c1ccc(Br)cc1. The van der Waals surface area contributed by atoms with Crippen LogP contribution in [0.2, 0.25) is 0 Å². The van der Waals surface area contributed by atoms with Crippen LogP contribution in [0, 0.1) is 0 Å². The number of carbonyl (C=O) groups excluding carboxylic acids is 1. The normalized spacial score (nSPS) is 12.8. The average molecular weight is 431 g/mol. The van der Waals surface area contributed by atoms with Crippen LogP contribution in [0.15, 0.2) is 45.1 Å². The summed E-state index contributed by atoms with van der Waals surface area (Å²) in [7, 11) is -3.60. The van der Waals surface area contributed by atoms with Crippen molar-refractivity contribution in [3.05, 3.63) is 51.3 Å². The van der Waals surface area contributed by atoms with Crippen molar-refractivity contribution in [1.29, 1.82) is 0 Å². The van der Waals surface area contributed by atoms with E-state index in [0.29, 0.717) is 13.0 Å². The van der Waals surface area contributed by atoms with Crippen molar-refractivity contribution in [2.24, 2.45) is 0 Å². The number of sulfonamides is 1. The number of hydrogen-bond acceptors (Lipinski definition) is 4. The lowest BCUT2D eigenvalue weighted by atomic mass is 10.1. The van der Waals surface area contributed by atoms with E-state index in [1.54, 1.807) is 12.1 Å². The highest BCUT2D eigenvalue weighted by Gasteiger charge is 2.22. The summed E-state index contributed by atoms with van der Waals surface area (Å²) in [6.45, 7) is 3.70. The zero-order valence-electron chi connectivity index (χ0n) is 13.4. The molecule has 0 radical (unpaired) electrons. The molecule has 2 rings (SSSR count). The van der Waals surface area contributed by atoms with Crippen molar-refractivity contribution in [1.82, 2.24) is 10.0 Å². The van der Waals surface area contributed by atoms with Gasteiger partial charge < -0.3 is 5.32 Å². The molecule has 1 heterocycles. The molecule has 1 aromatic heterocycles. The van der Waals surface area contributed by atoms with Gasteiger partial charge in [-0.25, -0.2) is 13.1 Å². The molecule has 24 heavy (non-hydrogen) atoms. The Morgan fingerprint density at radius 2 is 1.88 bits per heavy atom. The Hall–Kier alpha value is -1.22. The number of amides is 1. The summed E-state index contributed by atoms with van der Waals surface area (Å²) in [5.41, 5.74) is 0.916. The third kappa shape index (κ3) is 5.14. The van der Waals surface area contributed by atoms with Gasteiger partial charge in [0, 0.05) is 22.3 Å². The van der Waals surface area contributed by atoms with Gasteiger partial charge in [0.2, 0.25) is 5.91 Å². The Kier molecular flexibility index (Phi) is 6.56. The second kappa shape index (κ2) is 8.24. The van der Waals surface area contributed by atoms with Gasteiger partial charge in [0.25, 0.3) is 10.0 Å². The molecule has 0 spiro atoms. The lowest BCUT2D eigenvalue weighted by Crippen LogP contribution is -2.27. The van der Waals surface area contributed by atoms with Crippen LogP contribution in [0.1, 0.15) is 36.8 Å². The van der Waals surface area contributed by atoms with E-state index in [9.17, 15) is 13.2 Å². The summed E-state index contributed by atoms with van der Waals surface area (Å²) >= 11 is 4.53. The number of benzene rings is 1. The summed E-state index contributed by atoms with van der Waals surface area (Å²) in [5.74, 6) is -0.146. The van der Waals surface area contributed by atoms with Crippen molar-refractivity contribution in [3.63, 3.8) is 0 Å². The predicted octanol–water partition coefficient (Wildman–Crippen LogP) is 3.58. The number of thiophene rings is 1. The van der Waals surface area contributed by atoms with Crippen LogP contribution in [-0.4, -0.2) is 14.3 Å². The van der Waals surface area contributed by atoms with Crippen molar-refractivity contribution in [2.45, 2.75) is 37.1 Å². The Morgan fingerprint density at radius 1 is 1.21 bits per heavy atom. The van der Waals surface area contributed by atoms with E-state index in [1.807, 2.05) is 31.2 Å². The first-order chi connectivity index (χ1) is 11.3. The van der Waals surface area contributed by atoms with Gasteiger partial charge in [-0.05, 0) is 36.2 Å². The van der Waals surface area contributed by atoms with Gasteiger partial charge in [-0.15, -0.1) is 11.3 Å². The van der Waals surface area contributed by atoms with Crippen LogP contribution in [0.4, 0.5) is 0 Å². The molecule has 130 valence electrons. The molecule has 2 aromatic rings. The largest absolute Gasteiger partial charge is 0.351 e. The minimum Gasteiger partial charge on any atom is -0.351 e. The fraction of sp³-hybridized carbons (Fsp3) is 0.312. The molecule has 0 saturated carbocycles. The average Bonchev–Trinajstić information content (AvgIpc) is 3.01. The van der Waals surface area contributed by atoms with Gasteiger partial charge in [0.15, 0.2) is 0 Å². The van der Waals surface area contributed by atoms with Crippen LogP contribution >= 0.6 is 27.3 Å². The smallest absolute Gasteiger partial charge is 0.250 e. The second-order valence-electron chi connectivity index (χ2n) is 5.26.